The fraction of sp³-hybridized carbons (Fsp3) is 0.500. The Kier molecular flexibility index (Phi) is 3.35. The predicted octanol–water partition coefficient (Wildman–Crippen LogP) is 3.48. The van der Waals surface area contributed by atoms with E-state index in [1.54, 1.807) is 6.07 Å². The van der Waals surface area contributed by atoms with Crippen molar-refractivity contribution in [3.8, 4) is 6.07 Å². The minimum Gasteiger partial charge on any atom is -0.317 e. The fourth-order valence-corrected chi connectivity index (χ4v) is 3.21. The molecule has 1 aromatic rings. The number of fused-ring (bicyclic) bond motifs is 1. The quantitative estimate of drug-likeness (QED) is 0.848. The van der Waals surface area contributed by atoms with Gasteiger partial charge in [-0.2, -0.15) is 5.26 Å². The number of urea groups is 1. The Morgan fingerprint density at radius 3 is 2.75 bits per heavy atom. The van der Waals surface area contributed by atoms with Gasteiger partial charge in [0.1, 0.15) is 0 Å². The monoisotopic (exact) mass is 269 g/mol. The first-order chi connectivity index (χ1) is 9.67. The summed E-state index contributed by atoms with van der Waals surface area (Å²) in [6.45, 7) is 2.90. The molecule has 4 nitrogen and oxygen atoms in total. The largest absolute Gasteiger partial charge is 0.322 e. The predicted molar refractivity (Wildman–Crippen MR) is 77.1 cm³/mol. The lowest BCUT2D eigenvalue weighted by Gasteiger charge is -2.39. The zero-order chi connectivity index (χ0) is 14.1. The van der Waals surface area contributed by atoms with Crippen molar-refractivity contribution in [1.29, 1.82) is 5.26 Å². The van der Waals surface area contributed by atoms with Crippen molar-refractivity contribution in [1.82, 2.24) is 4.90 Å². The van der Waals surface area contributed by atoms with Gasteiger partial charge >= 0.3 is 6.03 Å². The van der Waals surface area contributed by atoms with Gasteiger partial charge in [0.05, 0.1) is 11.6 Å². The van der Waals surface area contributed by atoms with Gasteiger partial charge in [-0.3, -0.25) is 0 Å². The highest BCUT2D eigenvalue weighted by Crippen LogP contribution is 2.32. The Labute approximate surface area is 119 Å². The van der Waals surface area contributed by atoms with Crippen molar-refractivity contribution in [3.63, 3.8) is 0 Å². The lowest BCUT2D eigenvalue weighted by Crippen LogP contribution is -2.46. The number of hydrogen-bond acceptors (Lipinski definition) is 2. The van der Waals surface area contributed by atoms with Gasteiger partial charge in [-0.15, -0.1) is 0 Å². The van der Waals surface area contributed by atoms with E-state index in [1.165, 1.54) is 12.8 Å². The molecule has 1 N–H and O–H groups in total. The molecular weight excluding hydrogens is 250 g/mol. The van der Waals surface area contributed by atoms with E-state index in [0.717, 1.165) is 30.0 Å². The van der Waals surface area contributed by atoms with E-state index >= 15 is 0 Å². The third kappa shape index (κ3) is 2.36. The summed E-state index contributed by atoms with van der Waals surface area (Å²) in [6.07, 6.45) is 4.56. The van der Waals surface area contributed by atoms with E-state index in [1.807, 2.05) is 17.0 Å². The molecular formula is C16H19N3O. The topological polar surface area (TPSA) is 56.1 Å². The van der Waals surface area contributed by atoms with Crippen LogP contribution < -0.4 is 5.32 Å². The number of hydrogen-bond donors (Lipinski definition) is 1. The highest BCUT2D eigenvalue weighted by atomic mass is 16.2. The van der Waals surface area contributed by atoms with Crippen LogP contribution >= 0.6 is 0 Å². The number of carbonyl (C=O) groups excluding carboxylic acids is 1. The number of nitrogens with zero attached hydrogens (tertiary/aromatic N) is 2. The molecule has 0 atom stereocenters. The number of amides is 2. The van der Waals surface area contributed by atoms with Gasteiger partial charge in [0.25, 0.3) is 0 Å². The molecule has 4 heteroatoms. The lowest BCUT2D eigenvalue weighted by atomic mass is 9.86. The van der Waals surface area contributed by atoms with Gasteiger partial charge in [-0.25, -0.2) is 4.79 Å². The average molecular weight is 269 g/mol. The average Bonchev–Trinajstić information content (AvgIpc) is 2.47. The summed E-state index contributed by atoms with van der Waals surface area (Å²) < 4.78 is 0. The van der Waals surface area contributed by atoms with Crippen LogP contribution in [0.25, 0.3) is 0 Å². The maximum atomic E-state index is 12.2. The number of nitriles is 1. The summed E-state index contributed by atoms with van der Waals surface area (Å²) >= 11 is 0. The van der Waals surface area contributed by atoms with Crippen molar-refractivity contribution in [2.75, 3.05) is 5.32 Å². The first-order valence-corrected chi connectivity index (χ1v) is 7.28. The van der Waals surface area contributed by atoms with Crippen LogP contribution in [-0.2, 0) is 6.54 Å². The van der Waals surface area contributed by atoms with Crippen LogP contribution in [0, 0.1) is 17.2 Å². The molecule has 0 aromatic heterocycles. The SMILES string of the molecule is C[C@H]1CC[C@H](N2Cc3cc(C#N)ccc3NC2=O)CC1. The normalized spacial score (nSPS) is 25.6. The standard InChI is InChI=1S/C16H19N3O/c1-11-2-5-14(6-3-11)19-10-13-8-12(9-17)4-7-15(13)18-16(19)20/h4,7-8,11,14H,2-3,5-6,10H2,1H3,(H,18,20)/t11-,14-. The Morgan fingerprint density at radius 2 is 2.05 bits per heavy atom. The smallest absolute Gasteiger partial charge is 0.317 e. The van der Waals surface area contributed by atoms with Crippen molar-refractivity contribution in [2.45, 2.75) is 45.2 Å². The Balaban J connectivity index is 1.81. The van der Waals surface area contributed by atoms with Crippen LogP contribution in [-0.4, -0.2) is 17.0 Å². The summed E-state index contributed by atoms with van der Waals surface area (Å²) in [4.78, 5) is 14.2. The first kappa shape index (κ1) is 13.0. The molecule has 1 aliphatic heterocycles. The number of rotatable bonds is 1. The van der Waals surface area contributed by atoms with E-state index in [0.29, 0.717) is 18.2 Å². The van der Waals surface area contributed by atoms with Crippen LogP contribution in [0.3, 0.4) is 0 Å². The minimum atomic E-state index is 0.00163. The van der Waals surface area contributed by atoms with E-state index in [-0.39, 0.29) is 6.03 Å². The molecule has 1 saturated carbocycles. The van der Waals surface area contributed by atoms with Gasteiger partial charge in [0, 0.05) is 18.3 Å². The summed E-state index contributed by atoms with van der Waals surface area (Å²) in [5, 5.41) is 11.9. The highest BCUT2D eigenvalue weighted by Gasteiger charge is 2.31. The van der Waals surface area contributed by atoms with Crippen molar-refractivity contribution < 1.29 is 4.79 Å². The van der Waals surface area contributed by atoms with E-state index in [2.05, 4.69) is 18.3 Å². The molecule has 2 aliphatic rings. The van der Waals surface area contributed by atoms with Gasteiger partial charge in [-0.05, 0) is 55.4 Å². The first-order valence-electron chi connectivity index (χ1n) is 7.28. The summed E-state index contributed by atoms with van der Waals surface area (Å²) in [7, 11) is 0. The van der Waals surface area contributed by atoms with Gasteiger partial charge in [-0.1, -0.05) is 6.92 Å². The maximum absolute atomic E-state index is 12.2. The fourth-order valence-electron chi connectivity index (χ4n) is 3.21. The summed E-state index contributed by atoms with van der Waals surface area (Å²) in [6, 6.07) is 7.95. The van der Waals surface area contributed by atoms with E-state index in [4.69, 9.17) is 5.26 Å². The molecule has 20 heavy (non-hydrogen) atoms. The van der Waals surface area contributed by atoms with Crippen LogP contribution in [0.2, 0.25) is 0 Å². The number of nitrogens with one attached hydrogen (secondary N) is 1. The van der Waals surface area contributed by atoms with Gasteiger partial charge in [0.2, 0.25) is 0 Å². The third-order valence-electron chi connectivity index (χ3n) is 4.50. The van der Waals surface area contributed by atoms with Gasteiger partial charge < -0.3 is 10.2 Å². The molecule has 1 aromatic carbocycles. The molecule has 1 aliphatic carbocycles. The van der Waals surface area contributed by atoms with Crippen molar-refractivity contribution >= 4 is 11.7 Å². The molecule has 2 amide bonds. The zero-order valence-corrected chi connectivity index (χ0v) is 11.7. The summed E-state index contributed by atoms with van der Waals surface area (Å²) in [5.74, 6) is 0.775. The molecule has 0 unspecified atom stereocenters. The molecule has 3 rings (SSSR count). The Bertz CT molecular complexity index is 568. The Morgan fingerprint density at radius 1 is 1.30 bits per heavy atom. The summed E-state index contributed by atoms with van der Waals surface area (Å²) in [5.41, 5.74) is 2.54. The molecule has 1 fully saturated rings. The second kappa shape index (κ2) is 5.16. The highest BCUT2D eigenvalue weighted by molar-refractivity contribution is 5.92. The molecule has 1 heterocycles. The van der Waals surface area contributed by atoms with Crippen LogP contribution in [0.5, 0.6) is 0 Å². The minimum absolute atomic E-state index is 0.00163. The molecule has 0 bridgehead atoms. The molecule has 0 saturated heterocycles. The van der Waals surface area contributed by atoms with E-state index < -0.39 is 0 Å². The molecule has 0 radical (unpaired) electrons. The van der Waals surface area contributed by atoms with Crippen molar-refractivity contribution in [2.24, 2.45) is 5.92 Å². The van der Waals surface area contributed by atoms with Crippen LogP contribution in [0.4, 0.5) is 10.5 Å². The second-order valence-electron chi connectivity index (χ2n) is 5.96. The van der Waals surface area contributed by atoms with Crippen LogP contribution in [0.1, 0.15) is 43.7 Å². The molecule has 0 spiro atoms. The third-order valence-corrected chi connectivity index (χ3v) is 4.50. The zero-order valence-electron chi connectivity index (χ0n) is 11.7. The number of anilines is 1. The van der Waals surface area contributed by atoms with Crippen molar-refractivity contribution in [3.05, 3.63) is 29.3 Å². The lowest BCUT2D eigenvalue weighted by molar-refractivity contribution is 0.149. The van der Waals surface area contributed by atoms with E-state index in [9.17, 15) is 4.79 Å². The maximum Gasteiger partial charge on any atom is 0.322 e. The van der Waals surface area contributed by atoms with Crippen LogP contribution in [0.15, 0.2) is 18.2 Å². The number of carbonyl (C=O) groups is 1. The second-order valence-corrected chi connectivity index (χ2v) is 5.96. The Hall–Kier alpha value is -2.02. The van der Waals surface area contributed by atoms with Gasteiger partial charge in [0.15, 0.2) is 0 Å². The molecule has 104 valence electrons. The number of benzene rings is 1.